The lowest BCUT2D eigenvalue weighted by molar-refractivity contribution is 0.312. The van der Waals surface area contributed by atoms with Gasteiger partial charge in [0.05, 0.1) is 18.4 Å². The zero-order valence-electron chi connectivity index (χ0n) is 9.00. The highest BCUT2D eigenvalue weighted by Gasteiger charge is 2.03. The molecule has 17 heavy (non-hydrogen) atoms. The number of rotatable bonds is 3. The zero-order chi connectivity index (χ0) is 12.5. The summed E-state index contributed by atoms with van der Waals surface area (Å²) < 4.78 is 26.3. The number of benzene rings is 1. The zero-order valence-corrected chi connectivity index (χ0v) is 9.82. The van der Waals surface area contributed by atoms with Gasteiger partial charge in [-0.3, -0.25) is 4.18 Å². The van der Waals surface area contributed by atoms with Crippen LogP contribution in [0.4, 0.5) is 0 Å². The van der Waals surface area contributed by atoms with Crippen LogP contribution in [-0.2, 0) is 20.9 Å². The first-order chi connectivity index (χ1) is 7.94. The van der Waals surface area contributed by atoms with Crippen molar-refractivity contribution in [2.75, 3.05) is 6.26 Å². The van der Waals surface area contributed by atoms with Crippen molar-refractivity contribution in [1.29, 1.82) is 0 Å². The van der Waals surface area contributed by atoms with E-state index >= 15 is 0 Å². The number of aromatic amines is 1. The van der Waals surface area contributed by atoms with E-state index in [1.54, 1.807) is 18.2 Å². The Kier molecular flexibility index (Phi) is 2.95. The van der Waals surface area contributed by atoms with Gasteiger partial charge in [-0.05, 0) is 11.6 Å². The van der Waals surface area contributed by atoms with E-state index in [9.17, 15) is 13.2 Å². The highest BCUT2D eigenvalue weighted by atomic mass is 32.2. The third kappa shape index (κ3) is 3.11. The Balaban J connectivity index is 2.34. The molecule has 0 fully saturated rings. The number of nitrogens with zero attached hydrogens (tertiary/aromatic N) is 1. The third-order valence-electron chi connectivity index (χ3n) is 2.12. The average molecular weight is 254 g/mol. The Bertz CT molecular complexity index is 706. The molecule has 2 rings (SSSR count). The first-order valence-electron chi connectivity index (χ1n) is 4.76. The van der Waals surface area contributed by atoms with E-state index in [-0.39, 0.29) is 6.61 Å². The summed E-state index contributed by atoms with van der Waals surface area (Å²) in [6.07, 6.45) is 2.44. The topological polar surface area (TPSA) is 89.1 Å². The second-order valence-electron chi connectivity index (χ2n) is 3.58. The van der Waals surface area contributed by atoms with Gasteiger partial charge in [0.15, 0.2) is 0 Å². The molecule has 90 valence electrons. The van der Waals surface area contributed by atoms with Crippen LogP contribution in [0.25, 0.3) is 10.9 Å². The van der Waals surface area contributed by atoms with Gasteiger partial charge in [-0.25, -0.2) is 9.78 Å². The maximum atomic E-state index is 11.0. The SMILES string of the molecule is CS(=O)(=O)OCc1ccc2cnc(=O)[nH]c2c1. The van der Waals surface area contributed by atoms with Crippen molar-refractivity contribution in [3.05, 3.63) is 40.4 Å². The van der Waals surface area contributed by atoms with Gasteiger partial charge in [-0.1, -0.05) is 12.1 Å². The molecule has 7 heteroatoms. The van der Waals surface area contributed by atoms with E-state index in [2.05, 4.69) is 14.2 Å². The third-order valence-corrected chi connectivity index (χ3v) is 2.67. The maximum Gasteiger partial charge on any atom is 0.345 e. The fourth-order valence-corrected chi connectivity index (χ4v) is 1.71. The van der Waals surface area contributed by atoms with Gasteiger partial charge in [0, 0.05) is 11.6 Å². The number of H-pyrrole nitrogens is 1. The lowest BCUT2D eigenvalue weighted by atomic mass is 10.2. The van der Waals surface area contributed by atoms with Crippen molar-refractivity contribution >= 4 is 21.0 Å². The molecule has 0 radical (unpaired) electrons. The van der Waals surface area contributed by atoms with E-state index in [0.29, 0.717) is 11.1 Å². The predicted octanol–water partition coefficient (Wildman–Crippen LogP) is 0.399. The van der Waals surface area contributed by atoms with Gasteiger partial charge in [-0.15, -0.1) is 0 Å². The highest BCUT2D eigenvalue weighted by molar-refractivity contribution is 7.85. The molecule has 6 nitrogen and oxygen atoms in total. The van der Waals surface area contributed by atoms with Crippen LogP contribution in [0, 0.1) is 0 Å². The molecule has 1 aromatic carbocycles. The molecule has 0 bridgehead atoms. The van der Waals surface area contributed by atoms with Crippen LogP contribution in [0.15, 0.2) is 29.2 Å². The summed E-state index contributed by atoms with van der Waals surface area (Å²) in [4.78, 5) is 17.2. The fraction of sp³-hybridized carbons (Fsp3) is 0.200. The van der Waals surface area contributed by atoms with Crippen LogP contribution in [0.2, 0.25) is 0 Å². The van der Waals surface area contributed by atoms with Crippen molar-refractivity contribution in [3.63, 3.8) is 0 Å². The Morgan fingerprint density at radius 1 is 1.41 bits per heavy atom. The smallest absolute Gasteiger partial charge is 0.305 e. The van der Waals surface area contributed by atoms with Crippen LogP contribution < -0.4 is 5.69 Å². The molecule has 1 heterocycles. The first-order valence-corrected chi connectivity index (χ1v) is 6.58. The van der Waals surface area contributed by atoms with Gasteiger partial charge >= 0.3 is 5.69 Å². The molecule has 0 spiro atoms. The molecule has 0 saturated carbocycles. The minimum Gasteiger partial charge on any atom is -0.305 e. The molecule has 1 aromatic heterocycles. The normalized spacial score (nSPS) is 11.8. The minimum absolute atomic E-state index is 0.0564. The van der Waals surface area contributed by atoms with Gasteiger partial charge < -0.3 is 4.98 Å². The van der Waals surface area contributed by atoms with E-state index in [1.165, 1.54) is 6.20 Å². The second kappa shape index (κ2) is 4.27. The van der Waals surface area contributed by atoms with Crippen molar-refractivity contribution < 1.29 is 12.6 Å². The molecular weight excluding hydrogens is 244 g/mol. The van der Waals surface area contributed by atoms with Crippen molar-refractivity contribution in [1.82, 2.24) is 9.97 Å². The number of aromatic nitrogens is 2. The van der Waals surface area contributed by atoms with Gasteiger partial charge in [0.2, 0.25) is 0 Å². The van der Waals surface area contributed by atoms with E-state index in [1.807, 2.05) is 0 Å². The highest BCUT2D eigenvalue weighted by Crippen LogP contribution is 2.12. The monoisotopic (exact) mass is 254 g/mol. The summed E-state index contributed by atoms with van der Waals surface area (Å²) in [5.41, 5.74) is 0.808. The average Bonchev–Trinajstić information content (AvgIpc) is 2.24. The minimum atomic E-state index is -3.47. The second-order valence-corrected chi connectivity index (χ2v) is 5.22. The summed E-state index contributed by atoms with van der Waals surface area (Å²) in [7, 11) is -3.47. The van der Waals surface area contributed by atoms with Crippen molar-refractivity contribution in [3.8, 4) is 0 Å². The fourth-order valence-electron chi connectivity index (χ4n) is 1.36. The lowest BCUT2D eigenvalue weighted by Gasteiger charge is -2.03. The number of nitrogens with one attached hydrogen (secondary N) is 1. The molecule has 0 amide bonds. The molecule has 0 aliphatic carbocycles. The largest absolute Gasteiger partial charge is 0.345 e. The molecule has 0 atom stereocenters. The summed E-state index contributed by atoms with van der Waals surface area (Å²) >= 11 is 0. The summed E-state index contributed by atoms with van der Waals surface area (Å²) in [6, 6.07) is 5.11. The summed E-state index contributed by atoms with van der Waals surface area (Å²) in [5, 5.41) is 0.771. The Morgan fingerprint density at radius 2 is 2.18 bits per heavy atom. The Labute approximate surface area is 97.4 Å². The molecule has 0 aliphatic heterocycles. The summed E-state index contributed by atoms with van der Waals surface area (Å²) in [6.45, 7) is -0.0564. The Morgan fingerprint density at radius 3 is 2.88 bits per heavy atom. The van der Waals surface area contributed by atoms with Crippen LogP contribution >= 0.6 is 0 Å². The lowest BCUT2D eigenvalue weighted by Crippen LogP contribution is -2.09. The number of hydrogen-bond donors (Lipinski definition) is 1. The molecule has 0 unspecified atom stereocenters. The van der Waals surface area contributed by atoms with Crippen molar-refractivity contribution in [2.45, 2.75) is 6.61 Å². The van der Waals surface area contributed by atoms with Gasteiger partial charge in [0.1, 0.15) is 0 Å². The Hall–Kier alpha value is -1.73. The number of hydrogen-bond acceptors (Lipinski definition) is 5. The van der Waals surface area contributed by atoms with Crippen LogP contribution in [0.1, 0.15) is 5.56 Å². The maximum absolute atomic E-state index is 11.0. The standard InChI is InChI=1S/C10H10N2O4S/c1-17(14,15)16-6-7-2-3-8-5-11-10(13)12-9(8)4-7/h2-5H,6H2,1H3,(H,11,12,13). The first kappa shape index (κ1) is 11.7. The molecular formula is C10H10N2O4S. The van der Waals surface area contributed by atoms with Crippen LogP contribution in [0.5, 0.6) is 0 Å². The van der Waals surface area contributed by atoms with E-state index in [0.717, 1.165) is 11.6 Å². The van der Waals surface area contributed by atoms with E-state index in [4.69, 9.17) is 0 Å². The van der Waals surface area contributed by atoms with E-state index < -0.39 is 15.8 Å². The van der Waals surface area contributed by atoms with Crippen molar-refractivity contribution in [2.24, 2.45) is 0 Å². The van der Waals surface area contributed by atoms with Gasteiger partial charge in [-0.2, -0.15) is 8.42 Å². The number of fused-ring (bicyclic) bond motifs is 1. The van der Waals surface area contributed by atoms with Crippen LogP contribution in [0.3, 0.4) is 0 Å². The van der Waals surface area contributed by atoms with Crippen LogP contribution in [-0.4, -0.2) is 24.6 Å². The summed E-state index contributed by atoms with van der Waals surface area (Å²) in [5.74, 6) is 0. The molecule has 0 saturated heterocycles. The predicted molar refractivity (Wildman–Crippen MR) is 62.0 cm³/mol. The van der Waals surface area contributed by atoms with Gasteiger partial charge in [0.25, 0.3) is 10.1 Å². The molecule has 2 aromatic rings. The quantitative estimate of drug-likeness (QED) is 0.801. The molecule has 1 N–H and O–H groups in total. The molecule has 0 aliphatic rings.